The van der Waals surface area contributed by atoms with Crippen molar-refractivity contribution in [3.63, 3.8) is 0 Å². The quantitative estimate of drug-likeness (QED) is 0.922. The number of fused-ring (bicyclic) bond motifs is 1. The van der Waals surface area contributed by atoms with Gasteiger partial charge in [0.15, 0.2) is 0 Å². The summed E-state index contributed by atoms with van der Waals surface area (Å²) in [6.45, 7) is 6.94. The van der Waals surface area contributed by atoms with Gasteiger partial charge < -0.3 is 10.2 Å². The number of likely N-dealkylation sites (N-methyl/N-ethyl adjacent to an activating group) is 1. The highest BCUT2D eigenvalue weighted by Crippen LogP contribution is 2.25. The number of nitrogens with one attached hydrogen (secondary N) is 1. The Morgan fingerprint density at radius 3 is 2.57 bits per heavy atom. The summed E-state index contributed by atoms with van der Waals surface area (Å²) in [7, 11) is 0. The highest BCUT2D eigenvalue weighted by atomic mass is 16.2. The number of carbonyl (C=O) groups is 2. The molecule has 2 rings (SSSR count). The van der Waals surface area contributed by atoms with E-state index < -0.39 is 0 Å². The zero-order valence-electron chi connectivity index (χ0n) is 13.1. The van der Waals surface area contributed by atoms with Crippen molar-refractivity contribution in [3.8, 4) is 0 Å². The SMILES string of the molecule is CCNC(=O)[C@H]1Cc2ccccc2CN1C(=O)[C@@H](C)CC. The van der Waals surface area contributed by atoms with Crippen molar-refractivity contribution in [1.29, 1.82) is 0 Å². The fourth-order valence-electron chi connectivity index (χ4n) is 2.74. The van der Waals surface area contributed by atoms with Crippen LogP contribution in [0.25, 0.3) is 0 Å². The molecule has 1 heterocycles. The molecule has 21 heavy (non-hydrogen) atoms. The molecule has 1 aliphatic rings. The van der Waals surface area contributed by atoms with Gasteiger partial charge >= 0.3 is 0 Å². The molecule has 114 valence electrons. The number of nitrogens with zero attached hydrogens (tertiary/aromatic N) is 1. The third kappa shape index (κ3) is 3.26. The first-order chi connectivity index (χ1) is 10.1. The van der Waals surface area contributed by atoms with Crippen LogP contribution < -0.4 is 5.32 Å². The summed E-state index contributed by atoms with van der Waals surface area (Å²) in [5.41, 5.74) is 2.32. The standard InChI is InChI=1S/C17H24N2O2/c1-4-12(3)17(21)19-11-14-9-7-6-8-13(14)10-15(19)16(20)18-5-2/h6-9,12,15H,4-5,10-11H2,1-3H3,(H,18,20)/t12-,15+/m0/s1. The van der Waals surface area contributed by atoms with Gasteiger partial charge in [0.1, 0.15) is 6.04 Å². The Labute approximate surface area is 126 Å². The third-order valence-electron chi connectivity index (χ3n) is 4.22. The van der Waals surface area contributed by atoms with Crippen LogP contribution in [0.4, 0.5) is 0 Å². The monoisotopic (exact) mass is 288 g/mol. The van der Waals surface area contributed by atoms with Crippen LogP contribution in [0.1, 0.15) is 38.3 Å². The lowest BCUT2D eigenvalue weighted by Crippen LogP contribution is -2.53. The second-order valence-electron chi connectivity index (χ2n) is 5.66. The molecule has 2 atom stereocenters. The maximum Gasteiger partial charge on any atom is 0.243 e. The third-order valence-corrected chi connectivity index (χ3v) is 4.22. The van der Waals surface area contributed by atoms with Crippen molar-refractivity contribution in [2.45, 2.75) is 46.2 Å². The Bertz CT molecular complexity index is 527. The van der Waals surface area contributed by atoms with Crippen LogP contribution in [0.3, 0.4) is 0 Å². The van der Waals surface area contributed by atoms with Crippen LogP contribution in [-0.2, 0) is 22.6 Å². The highest BCUT2D eigenvalue weighted by Gasteiger charge is 2.35. The van der Waals surface area contributed by atoms with Gasteiger partial charge in [-0.05, 0) is 24.5 Å². The van der Waals surface area contributed by atoms with Gasteiger partial charge in [-0.15, -0.1) is 0 Å². The summed E-state index contributed by atoms with van der Waals surface area (Å²) < 4.78 is 0. The predicted octanol–water partition coefficient (Wildman–Crippen LogP) is 2.12. The van der Waals surface area contributed by atoms with Gasteiger partial charge in [0.25, 0.3) is 0 Å². The van der Waals surface area contributed by atoms with Gasteiger partial charge in [0.05, 0.1) is 0 Å². The van der Waals surface area contributed by atoms with Gasteiger partial charge in [-0.2, -0.15) is 0 Å². The van der Waals surface area contributed by atoms with Gasteiger partial charge in [0.2, 0.25) is 11.8 Å². The van der Waals surface area contributed by atoms with Crippen LogP contribution >= 0.6 is 0 Å². The number of benzene rings is 1. The zero-order valence-corrected chi connectivity index (χ0v) is 13.1. The first kappa shape index (κ1) is 15.5. The molecule has 0 spiro atoms. The van der Waals surface area contributed by atoms with E-state index in [0.717, 1.165) is 12.0 Å². The van der Waals surface area contributed by atoms with E-state index >= 15 is 0 Å². The molecule has 1 aromatic rings. The van der Waals surface area contributed by atoms with Gasteiger partial charge in [0, 0.05) is 25.4 Å². The van der Waals surface area contributed by atoms with Crippen LogP contribution in [0.2, 0.25) is 0 Å². The van der Waals surface area contributed by atoms with E-state index in [1.165, 1.54) is 5.56 Å². The van der Waals surface area contributed by atoms with Gasteiger partial charge in [-0.3, -0.25) is 9.59 Å². The first-order valence-electron chi connectivity index (χ1n) is 7.73. The van der Waals surface area contributed by atoms with Gasteiger partial charge in [-0.1, -0.05) is 38.1 Å². The molecule has 0 aromatic heterocycles. The molecule has 1 N–H and O–H groups in total. The Morgan fingerprint density at radius 1 is 1.29 bits per heavy atom. The van der Waals surface area contributed by atoms with Crippen molar-refractivity contribution >= 4 is 11.8 Å². The van der Waals surface area contributed by atoms with Crippen molar-refractivity contribution in [3.05, 3.63) is 35.4 Å². The summed E-state index contributed by atoms with van der Waals surface area (Å²) >= 11 is 0. The van der Waals surface area contributed by atoms with Crippen LogP contribution in [0.15, 0.2) is 24.3 Å². The second-order valence-corrected chi connectivity index (χ2v) is 5.66. The molecule has 0 aliphatic carbocycles. The van der Waals surface area contributed by atoms with Crippen molar-refractivity contribution in [1.82, 2.24) is 10.2 Å². The number of hydrogen-bond donors (Lipinski definition) is 1. The fraction of sp³-hybridized carbons (Fsp3) is 0.529. The molecule has 0 saturated heterocycles. The second kappa shape index (κ2) is 6.74. The number of rotatable bonds is 4. The normalized spacial score (nSPS) is 18.8. The summed E-state index contributed by atoms with van der Waals surface area (Å²) in [4.78, 5) is 26.7. The van der Waals surface area contributed by atoms with E-state index in [0.29, 0.717) is 19.5 Å². The Morgan fingerprint density at radius 2 is 1.95 bits per heavy atom. The Kier molecular flexibility index (Phi) is 4.99. The molecule has 4 heteroatoms. The molecule has 0 saturated carbocycles. The summed E-state index contributed by atoms with van der Waals surface area (Å²) in [6.07, 6.45) is 1.39. The van der Waals surface area contributed by atoms with Crippen molar-refractivity contribution in [2.75, 3.05) is 6.54 Å². The van der Waals surface area contributed by atoms with Gasteiger partial charge in [-0.25, -0.2) is 0 Å². The minimum Gasteiger partial charge on any atom is -0.355 e. The van der Waals surface area contributed by atoms with E-state index in [1.54, 1.807) is 4.90 Å². The average Bonchev–Trinajstić information content (AvgIpc) is 2.52. The summed E-state index contributed by atoms with van der Waals surface area (Å²) in [6, 6.07) is 7.67. The van der Waals surface area contributed by atoms with E-state index in [1.807, 2.05) is 45.0 Å². The fourth-order valence-corrected chi connectivity index (χ4v) is 2.74. The number of amides is 2. The first-order valence-corrected chi connectivity index (χ1v) is 7.73. The minimum atomic E-state index is -0.388. The lowest BCUT2D eigenvalue weighted by Gasteiger charge is -2.37. The van der Waals surface area contributed by atoms with Crippen LogP contribution in [-0.4, -0.2) is 29.3 Å². The number of hydrogen-bond acceptors (Lipinski definition) is 2. The molecular formula is C17H24N2O2. The lowest BCUT2D eigenvalue weighted by atomic mass is 9.92. The molecule has 4 nitrogen and oxygen atoms in total. The maximum absolute atomic E-state index is 12.6. The van der Waals surface area contributed by atoms with Crippen LogP contribution in [0, 0.1) is 5.92 Å². The Hall–Kier alpha value is -1.84. The lowest BCUT2D eigenvalue weighted by molar-refractivity contribution is -0.144. The largest absolute Gasteiger partial charge is 0.355 e. The highest BCUT2D eigenvalue weighted by molar-refractivity contribution is 5.89. The molecule has 0 unspecified atom stereocenters. The molecule has 0 radical (unpaired) electrons. The maximum atomic E-state index is 12.6. The van der Waals surface area contributed by atoms with Crippen LogP contribution in [0.5, 0.6) is 0 Å². The van der Waals surface area contributed by atoms with E-state index in [4.69, 9.17) is 0 Å². The molecule has 0 fully saturated rings. The van der Waals surface area contributed by atoms with Crippen molar-refractivity contribution in [2.24, 2.45) is 5.92 Å². The average molecular weight is 288 g/mol. The minimum absolute atomic E-state index is 0.0489. The Balaban J connectivity index is 2.30. The van der Waals surface area contributed by atoms with Crippen molar-refractivity contribution < 1.29 is 9.59 Å². The molecule has 1 aliphatic heterocycles. The smallest absolute Gasteiger partial charge is 0.243 e. The summed E-state index contributed by atoms with van der Waals surface area (Å²) in [5, 5.41) is 2.86. The van der Waals surface area contributed by atoms with E-state index in [-0.39, 0.29) is 23.8 Å². The summed E-state index contributed by atoms with van der Waals surface area (Å²) in [5.74, 6) is -0.0286. The molecular weight excluding hydrogens is 264 g/mol. The zero-order chi connectivity index (χ0) is 15.4. The molecule has 1 aromatic carbocycles. The number of carbonyl (C=O) groups excluding carboxylic acids is 2. The van der Waals surface area contributed by atoms with E-state index in [2.05, 4.69) is 5.32 Å². The predicted molar refractivity (Wildman–Crippen MR) is 82.6 cm³/mol. The molecule has 0 bridgehead atoms. The molecule has 2 amide bonds. The van der Waals surface area contributed by atoms with E-state index in [9.17, 15) is 9.59 Å². The topological polar surface area (TPSA) is 49.4 Å².